The Morgan fingerprint density at radius 1 is 1.15 bits per heavy atom. The number of carbonyl (C=O) groups excluding carboxylic acids is 1. The smallest absolute Gasteiger partial charge is 0.317 e. The molecule has 3 aliphatic heterocycles. The maximum absolute atomic E-state index is 12.6. The molecule has 4 heterocycles. The molecule has 1 aromatic rings. The molecule has 27 heavy (non-hydrogen) atoms. The van der Waals surface area contributed by atoms with E-state index in [1.807, 2.05) is 23.2 Å². The quantitative estimate of drug-likeness (QED) is 0.849. The molecular formula is C19H28N4O4. The van der Waals surface area contributed by atoms with Gasteiger partial charge < -0.3 is 29.3 Å². The highest BCUT2D eigenvalue weighted by Crippen LogP contribution is 2.27. The van der Waals surface area contributed by atoms with Gasteiger partial charge in [0.2, 0.25) is 0 Å². The van der Waals surface area contributed by atoms with Crippen LogP contribution in [-0.4, -0.2) is 80.7 Å². The van der Waals surface area contributed by atoms with Gasteiger partial charge in [0.25, 0.3) is 0 Å². The van der Waals surface area contributed by atoms with Crippen molar-refractivity contribution in [2.24, 2.45) is 0 Å². The van der Waals surface area contributed by atoms with Crippen LogP contribution in [0.25, 0.3) is 0 Å². The lowest BCUT2D eigenvalue weighted by Gasteiger charge is -2.44. The summed E-state index contributed by atoms with van der Waals surface area (Å²) in [4.78, 5) is 21.2. The number of pyridine rings is 1. The highest BCUT2D eigenvalue weighted by Gasteiger charge is 2.40. The Hall–Kier alpha value is -1.90. The Labute approximate surface area is 159 Å². The molecule has 2 amide bonds. The average molecular weight is 376 g/mol. The second-order valence-electron chi connectivity index (χ2n) is 7.39. The van der Waals surface area contributed by atoms with Crippen LogP contribution in [0, 0.1) is 0 Å². The molecule has 1 atom stereocenters. The van der Waals surface area contributed by atoms with Crippen LogP contribution in [0.1, 0.15) is 18.4 Å². The van der Waals surface area contributed by atoms with E-state index < -0.39 is 0 Å². The first-order valence-corrected chi connectivity index (χ1v) is 9.76. The van der Waals surface area contributed by atoms with E-state index >= 15 is 0 Å². The molecule has 3 saturated heterocycles. The first-order chi connectivity index (χ1) is 13.2. The van der Waals surface area contributed by atoms with E-state index in [2.05, 4.69) is 15.2 Å². The fourth-order valence-corrected chi connectivity index (χ4v) is 3.87. The van der Waals surface area contributed by atoms with E-state index in [1.54, 1.807) is 0 Å². The van der Waals surface area contributed by atoms with Gasteiger partial charge in [0, 0.05) is 39.0 Å². The number of ether oxygens (including phenoxy) is 3. The second kappa shape index (κ2) is 8.41. The Kier molecular flexibility index (Phi) is 5.75. The minimum atomic E-state index is -0.324. The van der Waals surface area contributed by atoms with Crippen molar-refractivity contribution in [3.63, 3.8) is 0 Å². The van der Waals surface area contributed by atoms with Crippen LogP contribution in [0.5, 0.6) is 0 Å². The van der Waals surface area contributed by atoms with Gasteiger partial charge in [-0.25, -0.2) is 9.78 Å². The van der Waals surface area contributed by atoms with Gasteiger partial charge in [-0.05, 0) is 24.5 Å². The number of urea groups is 1. The standard InChI is InChI=1S/C19H28N4O4/c24-18(23-7-11-27-19(14-23)4-1-8-26-15-19)21-13-16-2-3-17(20-12-16)22-5-9-25-10-6-22/h2-3,12H,1,4-11,13-15H2,(H,21,24). The number of hydrogen-bond donors (Lipinski definition) is 1. The Morgan fingerprint density at radius 2 is 2.04 bits per heavy atom. The summed E-state index contributed by atoms with van der Waals surface area (Å²) >= 11 is 0. The summed E-state index contributed by atoms with van der Waals surface area (Å²) in [7, 11) is 0. The normalized spacial score (nSPS) is 26.2. The number of nitrogens with zero attached hydrogens (tertiary/aromatic N) is 3. The van der Waals surface area contributed by atoms with Crippen LogP contribution in [-0.2, 0) is 20.8 Å². The van der Waals surface area contributed by atoms with Gasteiger partial charge in [0.1, 0.15) is 11.4 Å². The van der Waals surface area contributed by atoms with Gasteiger partial charge in [-0.2, -0.15) is 0 Å². The maximum atomic E-state index is 12.6. The number of amides is 2. The monoisotopic (exact) mass is 376 g/mol. The summed E-state index contributed by atoms with van der Waals surface area (Å²) in [6, 6.07) is 3.98. The lowest BCUT2D eigenvalue weighted by atomic mass is 9.94. The third kappa shape index (κ3) is 4.51. The third-order valence-corrected chi connectivity index (χ3v) is 5.41. The van der Waals surface area contributed by atoms with Crippen molar-refractivity contribution >= 4 is 11.8 Å². The number of carbonyl (C=O) groups is 1. The number of hydrogen-bond acceptors (Lipinski definition) is 6. The molecule has 4 rings (SSSR count). The lowest BCUT2D eigenvalue weighted by Crippen LogP contribution is -2.58. The van der Waals surface area contributed by atoms with Crippen molar-refractivity contribution in [3.05, 3.63) is 23.9 Å². The molecular weight excluding hydrogens is 348 g/mol. The average Bonchev–Trinajstić information content (AvgIpc) is 2.74. The van der Waals surface area contributed by atoms with Crippen molar-refractivity contribution in [1.29, 1.82) is 0 Å². The summed E-state index contributed by atoms with van der Waals surface area (Å²) < 4.78 is 16.9. The van der Waals surface area contributed by atoms with Gasteiger partial charge in [0.15, 0.2) is 0 Å². The fraction of sp³-hybridized carbons (Fsp3) is 0.684. The Bertz CT molecular complexity index is 622. The zero-order valence-electron chi connectivity index (χ0n) is 15.7. The maximum Gasteiger partial charge on any atom is 0.317 e. The number of aromatic nitrogens is 1. The number of nitrogens with one attached hydrogen (secondary N) is 1. The predicted molar refractivity (Wildman–Crippen MR) is 99.8 cm³/mol. The van der Waals surface area contributed by atoms with Crippen molar-refractivity contribution < 1.29 is 19.0 Å². The van der Waals surface area contributed by atoms with Gasteiger partial charge in [-0.15, -0.1) is 0 Å². The highest BCUT2D eigenvalue weighted by molar-refractivity contribution is 5.74. The zero-order valence-corrected chi connectivity index (χ0v) is 15.7. The molecule has 8 heteroatoms. The van der Waals surface area contributed by atoms with Crippen LogP contribution in [0.3, 0.4) is 0 Å². The Morgan fingerprint density at radius 3 is 2.78 bits per heavy atom. The first-order valence-electron chi connectivity index (χ1n) is 9.76. The second-order valence-corrected chi connectivity index (χ2v) is 7.39. The lowest BCUT2D eigenvalue weighted by molar-refractivity contribution is -0.160. The zero-order chi connectivity index (χ0) is 18.5. The van der Waals surface area contributed by atoms with Gasteiger partial charge >= 0.3 is 6.03 Å². The van der Waals surface area contributed by atoms with Crippen LogP contribution in [0.2, 0.25) is 0 Å². The van der Waals surface area contributed by atoms with Crippen molar-refractivity contribution in [1.82, 2.24) is 15.2 Å². The molecule has 0 aromatic carbocycles. The van der Waals surface area contributed by atoms with E-state index in [-0.39, 0.29) is 11.6 Å². The first kappa shape index (κ1) is 18.5. The Balaban J connectivity index is 1.28. The van der Waals surface area contributed by atoms with Crippen molar-refractivity contribution in [3.8, 4) is 0 Å². The van der Waals surface area contributed by atoms with E-state index in [4.69, 9.17) is 14.2 Å². The van der Waals surface area contributed by atoms with Gasteiger partial charge in [-0.3, -0.25) is 0 Å². The molecule has 0 aliphatic carbocycles. The van der Waals surface area contributed by atoms with Crippen LogP contribution in [0.15, 0.2) is 18.3 Å². The molecule has 1 N–H and O–H groups in total. The summed E-state index contributed by atoms with van der Waals surface area (Å²) in [6.07, 6.45) is 3.77. The number of anilines is 1. The molecule has 1 aromatic heterocycles. The molecule has 1 unspecified atom stereocenters. The summed E-state index contributed by atoms with van der Waals surface area (Å²) in [6.45, 7) is 6.81. The van der Waals surface area contributed by atoms with Gasteiger partial charge in [-0.1, -0.05) is 6.07 Å². The number of rotatable bonds is 3. The summed E-state index contributed by atoms with van der Waals surface area (Å²) in [5.41, 5.74) is 0.666. The third-order valence-electron chi connectivity index (χ3n) is 5.41. The topological polar surface area (TPSA) is 76.2 Å². The van der Waals surface area contributed by atoms with E-state index in [0.717, 1.165) is 57.1 Å². The molecule has 1 spiro atoms. The predicted octanol–water partition coefficient (Wildman–Crippen LogP) is 1.01. The van der Waals surface area contributed by atoms with Crippen molar-refractivity contribution in [2.75, 3.05) is 64.1 Å². The van der Waals surface area contributed by atoms with Crippen LogP contribution >= 0.6 is 0 Å². The molecule has 3 aliphatic rings. The molecule has 0 radical (unpaired) electrons. The van der Waals surface area contributed by atoms with E-state index in [1.165, 1.54) is 0 Å². The minimum absolute atomic E-state index is 0.0551. The molecule has 0 saturated carbocycles. The minimum Gasteiger partial charge on any atom is -0.378 e. The fourth-order valence-electron chi connectivity index (χ4n) is 3.87. The highest BCUT2D eigenvalue weighted by atomic mass is 16.5. The molecule has 8 nitrogen and oxygen atoms in total. The van der Waals surface area contributed by atoms with E-state index in [9.17, 15) is 4.79 Å². The number of morpholine rings is 2. The molecule has 0 bridgehead atoms. The van der Waals surface area contributed by atoms with E-state index in [0.29, 0.717) is 32.8 Å². The van der Waals surface area contributed by atoms with Gasteiger partial charge in [0.05, 0.1) is 33.0 Å². The summed E-state index contributed by atoms with van der Waals surface area (Å²) in [5.74, 6) is 0.959. The summed E-state index contributed by atoms with van der Waals surface area (Å²) in [5, 5.41) is 3.01. The molecule has 3 fully saturated rings. The molecule has 148 valence electrons. The van der Waals surface area contributed by atoms with Crippen LogP contribution in [0.4, 0.5) is 10.6 Å². The van der Waals surface area contributed by atoms with Crippen LogP contribution < -0.4 is 10.2 Å². The largest absolute Gasteiger partial charge is 0.378 e. The SMILES string of the molecule is O=C(NCc1ccc(N2CCOCC2)nc1)N1CCOC2(CCCOC2)C1. The van der Waals surface area contributed by atoms with Crippen molar-refractivity contribution in [2.45, 2.75) is 25.0 Å².